The molecule has 2 aromatic heterocycles. The van der Waals surface area contributed by atoms with E-state index in [1.807, 2.05) is 13.0 Å². The van der Waals surface area contributed by atoms with Crippen LogP contribution >= 0.6 is 15.9 Å². The van der Waals surface area contributed by atoms with Gasteiger partial charge in [-0.1, -0.05) is 19.3 Å². The van der Waals surface area contributed by atoms with E-state index in [0.717, 1.165) is 34.1 Å². The zero-order valence-corrected chi connectivity index (χ0v) is 22.8. The molecule has 37 heavy (non-hydrogen) atoms. The molecule has 1 saturated carbocycles. The first kappa shape index (κ1) is 27.0. The third-order valence-electron chi connectivity index (χ3n) is 7.55. The number of nitriles is 1. The van der Waals surface area contributed by atoms with E-state index in [1.165, 1.54) is 50.9 Å². The molecule has 0 aromatic carbocycles. The van der Waals surface area contributed by atoms with Gasteiger partial charge in [0.1, 0.15) is 11.9 Å². The third-order valence-corrected chi connectivity index (χ3v) is 8.35. The van der Waals surface area contributed by atoms with Gasteiger partial charge in [-0.25, -0.2) is 4.98 Å². The number of amides is 1. The second kappa shape index (κ2) is 12.5. The van der Waals surface area contributed by atoms with Gasteiger partial charge in [-0.2, -0.15) is 5.26 Å². The van der Waals surface area contributed by atoms with Crippen LogP contribution in [0.1, 0.15) is 64.1 Å². The zero-order valence-electron chi connectivity index (χ0n) is 21.2. The molecule has 0 radical (unpaired) electrons. The number of nitrogens with two attached hydrogens (primary N) is 2. The normalized spacial score (nSPS) is 24.5. The average Bonchev–Trinajstić information content (AvgIpc) is 3.66. The van der Waals surface area contributed by atoms with E-state index >= 15 is 0 Å². The summed E-state index contributed by atoms with van der Waals surface area (Å²) in [6.07, 6.45) is 15.8. The van der Waals surface area contributed by atoms with E-state index in [4.69, 9.17) is 21.1 Å². The summed E-state index contributed by atoms with van der Waals surface area (Å²) in [5.41, 5.74) is 12.3. The highest BCUT2D eigenvalue weighted by Crippen LogP contribution is 2.34. The van der Waals surface area contributed by atoms with Crippen molar-refractivity contribution in [3.8, 4) is 6.07 Å². The monoisotopic (exact) mass is 569 g/mol. The van der Waals surface area contributed by atoms with Crippen molar-refractivity contribution in [3.63, 3.8) is 0 Å². The maximum Gasteiger partial charge on any atom is 0.225 e. The molecule has 4 atom stereocenters. The molecule has 4 unspecified atom stereocenters. The first-order valence-corrected chi connectivity index (χ1v) is 13.8. The van der Waals surface area contributed by atoms with Crippen LogP contribution in [0.25, 0.3) is 11.0 Å². The highest BCUT2D eigenvalue weighted by atomic mass is 79.9. The van der Waals surface area contributed by atoms with Crippen LogP contribution in [0.15, 0.2) is 45.2 Å². The van der Waals surface area contributed by atoms with Crippen molar-refractivity contribution in [2.24, 2.45) is 17.4 Å². The second-order valence-corrected chi connectivity index (χ2v) is 10.8. The van der Waals surface area contributed by atoms with Crippen molar-refractivity contribution >= 4 is 38.6 Å². The van der Waals surface area contributed by atoms with Crippen molar-refractivity contribution in [1.82, 2.24) is 15.6 Å². The third kappa shape index (κ3) is 6.46. The highest BCUT2D eigenvalue weighted by Gasteiger charge is 2.42. The molecule has 3 fully saturated rings. The van der Waals surface area contributed by atoms with E-state index in [2.05, 4.69) is 36.9 Å². The number of rotatable bonds is 6. The van der Waals surface area contributed by atoms with Gasteiger partial charge >= 0.3 is 0 Å². The Morgan fingerprint density at radius 1 is 1.30 bits per heavy atom. The number of hydrogen-bond donors (Lipinski definition) is 5. The minimum Gasteiger partial charge on any atom is -0.444 e. The lowest BCUT2D eigenvalue weighted by atomic mass is 9.88. The Bertz CT molecular complexity index is 1200. The molecule has 0 spiro atoms. The van der Waals surface area contributed by atoms with E-state index in [0.29, 0.717) is 29.5 Å². The number of pyridine rings is 1. The van der Waals surface area contributed by atoms with E-state index < -0.39 is 0 Å². The van der Waals surface area contributed by atoms with Gasteiger partial charge in [0.25, 0.3) is 0 Å². The molecule has 7 N–H and O–H groups in total. The summed E-state index contributed by atoms with van der Waals surface area (Å²) in [5.74, 6) is 1.37. The molecule has 10 heteroatoms. The Kier molecular flexibility index (Phi) is 9.11. The second-order valence-electron chi connectivity index (χ2n) is 10.0. The van der Waals surface area contributed by atoms with Crippen molar-refractivity contribution < 1.29 is 9.21 Å². The van der Waals surface area contributed by atoms with Gasteiger partial charge in [-0.15, -0.1) is 0 Å². The Labute approximate surface area is 226 Å². The number of nitrogens with zero attached hydrogens (tertiary/aromatic N) is 2. The van der Waals surface area contributed by atoms with Gasteiger partial charge in [-0.05, 0) is 79.0 Å². The number of carbonyl (C=O) groups is 1. The molecule has 9 nitrogen and oxygen atoms in total. The van der Waals surface area contributed by atoms with Crippen LogP contribution in [0.3, 0.4) is 0 Å². The summed E-state index contributed by atoms with van der Waals surface area (Å²) in [7, 11) is 0. The van der Waals surface area contributed by atoms with Gasteiger partial charge in [0.15, 0.2) is 5.58 Å². The quantitative estimate of drug-likeness (QED) is 0.325. The first-order valence-electron chi connectivity index (χ1n) is 13.0. The fourth-order valence-electron chi connectivity index (χ4n) is 5.55. The highest BCUT2D eigenvalue weighted by molar-refractivity contribution is 9.10. The summed E-state index contributed by atoms with van der Waals surface area (Å²) >= 11 is 3.56. The Hall–Kier alpha value is -3.03. The molecule has 198 valence electrons. The fraction of sp³-hybridized carbons (Fsp3) is 0.519. The molecular weight excluding hydrogens is 534 g/mol. The fourth-order valence-corrected chi connectivity index (χ4v) is 6.08. The summed E-state index contributed by atoms with van der Waals surface area (Å²) in [6.45, 7) is 1.91. The van der Waals surface area contributed by atoms with Gasteiger partial charge in [0.2, 0.25) is 11.7 Å². The molecule has 2 aliphatic heterocycles. The molecular formula is C27H36BrN7O2. The van der Waals surface area contributed by atoms with Crippen molar-refractivity contribution in [2.75, 3.05) is 5.32 Å². The maximum absolute atomic E-state index is 12.2. The summed E-state index contributed by atoms with van der Waals surface area (Å²) < 4.78 is 6.24. The molecule has 2 aromatic rings. The molecule has 2 bridgehead atoms. The van der Waals surface area contributed by atoms with Crippen LogP contribution in [0.2, 0.25) is 0 Å². The zero-order chi connectivity index (χ0) is 26.4. The van der Waals surface area contributed by atoms with Crippen molar-refractivity contribution in [3.05, 3.63) is 46.5 Å². The molecule has 3 aliphatic rings. The van der Waals surface area contributed by atoms with Gasteiger partial charge in [0, 0.05) is 29.6 Å². The standard InChI is InChI=1S/C14H14BrN3O.C13H22N4O/c15-13-11-6-10(7-16)19-12(11)8-17-14(13)18-9-4-2-1-3-5-9;1-8(9(7-15)4-5-14)16-13(18)11-6-10-2-3-12(11)17-10/h6,8-9H,1-5H2,(H,17,18);4-5,7-8,10-12,17H,2-3,6,14-15H2,1H3,(H,16,18)/b;5-4-,9-7+. The predicted octanol–water partition coefficient (Wildman–Crippen LogP) is 4.15. The van der Waals surface area contributed by atoms with Crippen LogP contribution < -0.4 is 27.4 Å². The van der Waals surface area contributed by atoms with Crippen LogP contribution in [0, 0.1) is 17.2 Å². The van der Waals surface area contributed by atoms with Gasteiger partial charge < -0.3 is 31.8 Å². The minimum absolute atomic E-state index is 0.104. The van der Waals surface area contributed by atoms with Crippen LogP contribution in [0.4, 0.5) is 5.82 Å². The number of nitrogens with one attached hydrogen (secondary N) is 3. The number of hydrogen-bond acceptors (Lipinski definition) is 8. The number of anilines is 1. The van der Waals surface area contributed by atoms with Crippen molar-refractivity contribution in [2.45, 2.75) is 82.5 Å². The molecule has 2 saturated heterocycles. The number of aromatic nitrogens is 1. The van der Waals surface area contributed by atoms with E-state index in [-0.39, 0.29) is 17.9 Å². The lowest BCUT2D eigenvalue weighted by molar-refractivity contribution is -0.125. The average molecular weight is 571 g/mol. The lowest BCUT2D eigenvalue weighted by Crippen LogP contribution is -2.42. The Balaban J connectivity index is 0.000000173. The summed E-state index contributed by atoms with van der Waals surface area (Å²) in [5, 5.41) is 19.7. The van der Waals surface area contributed by atoms with Crippen LogP contribution in [0.5, 0.6) is 0 Å². The van der Waals surface area contributed by atoms with Crippen LogP contribution in [-0.2, 0) is 4.79 Å². The van der Waals surface area contributed by atoms with Gasteiger partial charge in [-0.3, -0.25) is 4.79 Å². The molecule has 4 heterocycles. The SMILES string of the molecule is CC(NC(=O)C1CC2CCC1N2)C(/C=C\N)=C/N.N#Cc1cc2c(Br)c(NC3CCCCC3)ncc2o1. The minimum atomic E-state index is -0.110. The number of fused-ring (bicyclic) bond motifs is 3. The molecule has 5 rings (SSSR count). The summed E-state index contributed by atoms with van der Waals surface area (Å²) in [6, 6.07) is 5.04. The molecule has 1 aliphatic carbocycles. The first-order chi connectivity index (χ1) is 17.9. The number of carbonyl (C=O) groups excluding carboxylic acids is 1. The largest absolute Gasteiger partial charge is 0.444 e. The van der Waals surface area contributed by atoms with Gasteiger partial charge in [0.05, 0.1) is 22.6 Å². The molecule has 1 amide bonds. The predicted molar refractivity (Wildman–Crippen MR) is 148 cm³/mol. The Morgan fingerprint density at radius 2 is 2.08 bits per heavy atom. The summed E-state index contributed by atoms with van der Waals surface area (Å²) in [4.78, 5) is 16.6. The maximum atomic E-state index is 12.2. The smallest absolute Gasteiger partial charge is 0.225 e. The number of furan rings is 1. The Morgan fingerprint density at radius 3 is 2.70 bits per heavy atom. The van der Waals surface area contributed by atoms with Crippen LogP contribution in [-0.4, -0.2) is 35.1 Å². The lowest BCUT2D eigenvalue weighted by Gasteiger charge is -2.23. The van der Waals surface area contributed by atoms with E-state index in [9.17, 15) is 4.79 Å². The topological polar surface area (TPSA) is 155 Å². The number of halogens is 1. The van der Waals surface area contributed by atoms with E-state index in [1.54, 1.807) is 18.3 Å². The van der Waals surface area contributed by atoms with Crippen molar-refractivity contribution in [1.29, 1.82) is 5.26 Å².